The molecule has 0 N–H and O–H groups in total. The molecule has 1 saturated heterocycles. The molecule has 0 unspecified atom stereocenters. The number of nitrogens with zero attached hydrogens (tertiary/aromatic N) is 2. The second kappa shape index (κ2) is 6.76. The Balaban J connectivity index is 2.02. The van der Waals surface area contributed by atoms with Crippen LogP contribution in [0.4, 0.5) is 9.18 Å². The average molecular weight is 315 g/mol. The summed E-state index contributed by atoms with van der Waals surface area (Å²) in [5.41, 5.74) is -0.122. The molecule has 1 heterocycles. The normalized spacial score (nSPS) is 15.0. The fraction of sp³-hybridized carbons (Fsp3) is 0.429. The number of carbonyl (C=O) groups is 2. The van der Waals surface area contributed by atoms with Crippen LogP contribution in [-0.2, 0) is 4.74 Å². The van der Waals surface area contributed by atoms with Crippen LogP contribution in [0.5, 0.6) is 0 Å². The van der Waals surface area contributed by atoms with Crippen molar-refractivity contribution in [1.29, 1.82) is 0 Å². The van der Waals surface area contributed by atoms with Crippen LogP contribution < -0.4 is 0 Å². The molecule has 0 aliphatic carbocycles. The van der Waals surface area contributed by atoms with Gasteiger partial charge >= 0.3 is 6.09 Å². The predicted molar refractivity (Wildman–Crippen MR) is 75.9 cm³/mol. The van der Waals surface area contributed by atoms with Gasteiger partial charge in [0, 0.05) is 26.2 Å². The summed E-state index contributed by atoms with van der Waals surface area (Å²) in [4.78, 5) is 26.9. The number of ether oxygens (including phenoxy) is 1. The number of hydrogen-bond acceptors (Lipinski definition) is 3. The van der Waals surface area contributed by atoms with Crippen molar-refractivity contribution in [2.75, 3.05) is 32.8 Å². The highest BCUT2D eigenvalue weighted by atomic mass is 35.5. The van der Waals surface area contributed by atoms with Gasteiger partial charge in [-0.25, -0.2) is 9.18 Å². The third kappa shape index (κ3) is 3.44. The zero-order valence-electron chi connectivity index (χ0n) is 11.6. The Kier molecular flexibility index (Phi) is 5.01. The quantitative estimate of drug-likeness (QED) is 0.842. The van der Waals surface area contributed by atoms with Crippen LogP contribution in [0.15, 0.2) is 18.2 Å². The summed E-state index contributed by atoms with van der Waals surface area (Å²) in [6.07, 6.45) is -0.395. The topological polar surface area (TPSA) is 49.9 Å². The largest absolute Gasteiger partial charge is 0.450 e. The molecule has 1 aromatic rings. The predicted octanol–water partition coefficient (Wildman–Crippen LogP) is 2.39. The molecule has 0 aromatic heterocycles. The van der Waals surface area contributed by atoms with Gasteiger partial charge in [0.2, 0.25) is 0 Å². The van der Waals surface area contributed by atoms with Crippen molar-refractivity contribution < 1.29 is 18.7 Å². The Morgan fingerprint density at radius 2 is 1.86 bits per heavy atom. The molecular formula is C14H16ClFN2O3. The van der Waals surface area contributed by atoms with Crippen molar-refractivity contribution in [2.24, 2.45) is 0 Å². The van der Waals surface area contributed by atoms with Gasteiger partial charge in [0.1, 0.15) is 5.82 Å². The van der Waals surface area contributed by atoms with Crippen LogP contribution >= 0.6 is 11.6 Å². The molecule has 2 rings (SSSR count). The van der Waals surface area contributed by atoms with Crippen LogP contribution in [0, 0.1) is 5.82 Å². The van der Waals surface area contributed by atoms with E-state index in [2.05, 4.69) is 0 Å². The van der Waals surface area contributed by atoms with E-state index in [-0.39, 0.29) is 10.6 Å². The molecule has 0 spiro atoms. The smallest absolute Gasteiger partial charge is 0.409 e. The van der Waals surface area contributed by atoms with E-state index in [1.807, 2.05) is 0 Å². The summed E-state index contributed by atoms with van der Waals surface area (Å²) < 4.78 is 18.6. The molecule has 21 heavy (non-hydrogen) atoms. The van der Waals surface area contributed by atoms with Gasteiger partial charge in [0.25, 0.3) is 5.91 Å². The third-order valence-electron chi connectivity index (χ3n) is 3.27. The first-order chi connectivity index (χ1) is 10.0. The molecule has 5 nitrogen and oxygen atoms in total. The lowest BCUT2D eigenvalue weighted by Crippen LogP contribution is -2.50. The first-order valence-electron chi connectivity index (χ1n) is 6.69. The fourth-order valence-electron chi connectivity index (χ4n) is 2.17. The molecule has 0 atom stereocenters. The minimum atomic E-state index is -0.639. The molecule has 1 aliphatic rings. The average Bonchev–Trinajstić information content (AvgIpc) is 2.47. The zero-order chi connectivity index (χ0) is 15.4. The van der Waals surface area contributed by atoms with E-state index in [1.54, 1.807) is 6.92 Å². The first kappa shape index (κ1) is 15.6. The molecule has 7 heteroatoms. The van der Waals surface area contributed by atoms with Gasteiger partial charge in [-0.2, -0.15) is 0 Å². The van der Waals surface area contributed by atoms with E-state index in [0.717, 1.165) is 0 Å². The minimum Gasteiger partial charge on any atom is -0.450 e. The first-order valence-corrected chi connectivity index (χ1v) is 7.07. The molecular weight excluding hydrogens is 299 g/mol. The van der Waals surface area contributed by atoms with Gasteiger partial charge in [0.15, 0.2) is 0 Å². The summed E-state index contributed by atoms with van der Waals surface area (Å²) in [6.45, 7) is 3.40. The number of hydrogen-bond donors (Lipinski definition) is 0. The van der Waals surface area contributed by atoms with Gasteiger partial charge < -0.3 is 14.5 Å². The fourth-order valence-corrected chi connectivity index (χ4v) is 2.41. The Bertz CT molecular complexity index is 525. The molecule has 0 bridgehead atoms. The van der Waals surface area contributed by atoms with Crippen LogP contribution in [0.1, 0.15) is 17.3 Å². The van der Waals surface area contributed by atoms with Gasteiger partial charge in [0.05, 0.1) is 17.2 Å². The van der Waals surface area contributed by atoms with Crippen molar-refractivity contribution >= 4 is 23.6 Å². The van der Waals surface area contributed by atoms with Crippen LogP contribution in [0.2, 0.25) is 5.02 Å². The third-order valence-corrected chi connectivity index (χ3v) is 3.58. The van der Waals surface area contributed by atoms with E-state index >= 15 is 0 Å². The van der Waals surface area contributed by atoms with Crippen LogP contribution in [0.25, 0.3) is 0 Å². The summed E-state index contributed by atoms with van der Waals surface area (Å²) in [5, 5.41) is 0.0906. The van der Waals surface area contributed by atoms with Crippen molar-refractivity contribution in [2.45, 2.75) is 6.92 Å². The van der Waals surface area contributed by atoms with Crippen molar-refractivity contribution in [3.63, 3.8) is 0 Å². The molecule has 1 aromatic carbocycles. The van der Waals surface area contributed by atoms with Crippen molar-refractivity contribution in [3.8, 4) is 0 Å². The minimum absolute atomic E-state index is 0.0906. The van der Waals surface area contributed by atoms with Crippen molar-refractivity contribution in [1.82, 2.24) is 9.80 Å². The second-order valence-corrected chi connectivity index (χ2v) is 4.98. The maximum Gasteiger partial charge on any atom is 0.409 e. The van der Waals surface area contributed by atoms with E-state index in [1.165, 1.54) is 28.0 Å². The highest BCUT2D eigenvalue weighted by Gasteiger charge is 2.27. The molecule has 1 aliphatic heterocycles. The number of amides is 2. The maximum atomic E-state index is 13.7. The van der Waals surface area contributed by atoms with E-state index in [0.29, 0.717) is 32.8 Å². The highest BCUT2D eigenvalue weighted by molar-refractivity contribution is 6.33. The Morgan fingerprint density at radius 1 is 1.24 bits per heavy atom. The molecule has 0 radical (unpaired) electrons. The molecule has 0 saturated carbocycles. The maximum absolute atomic E-state index is 13.7. The van der Waals surface area contributed by atoms with Gasteiger partial charge in [-0.1, -0.05) is 17.7 Å². The summed E-state index contributed by atoms with van der Waals surface area (Å²) in [6, 6.07) is 4.13. The number of piperazine rings is 1. The monoisotopic (exact) mass is 314 g/mol. The van der Waals surface area contributed by atoms with E-state index < -0.39 is 17.8 Å². The second-order valence-electron chi connectivity index (χ2n) is 4.57. The Labute approximate surface area is 127 Å². The lowest BCUT2D eigenvalue weighted by atomic mass is 10.1. The summed E-state index contributed by atoms with van der Waals surface area (Å²) in [5.74, 6) is -1.10. The van der Waals surface area contributed by atoms with Crippen LogP contribution in [0.3, 0.4) is 0 Å². The highest BCUT2D eigenvalue weighted by Crippen LogP contribution is 2.21. The van der Waals surface area contributed by atoms with Gasteiger partial charge in [-0.05, 0) is 19.1 Å². The zero-order valence-corrected chi connectivity index (χ0v) is 12.4. The molecule has 114 valence electrons. The Hall–Kier alpha value is -1.82. The van der Waals surface area contributed by atoms with E-state index in [4.69, 9.17) is 16.3 Å². The lowest BCUT2D eigenvalue weighted by molar-refractivity contribution is 0.0567. The summed E-state index contributed by atoms with van der Waals surface area (Å²) in [7, 11) is 0. The number of rotatable bonds is 2. The lowest BCUT2D eigenvalue weighted by Gasteiger charge is -2.34. The number of carbonyl (C=O) groups excluding carboxylic acids is 2. The van der Waals surface area contributed by atoms with E-state index in [9.17, 15) is 14.0 Å². The summed E-state index contributed by atoms with van der Waals surface area (Å²) >= 11 is 5.89. The SMILES string of the molecule is CCOC(=O)N1CCN(C(=O)c2c(F)cccc2Cl)CC1. The van der Waals surface area contributed by atoms with Gasteiger partial charge in [-0.3, -0.25) is 4.79 Å². The van der Waals surface area contributed by atoms with Gasteiger partial charge in [-0.15, -0.1) is 0 Å². The number of benzene rings is 1. The molecule has 2 amide bonds. The van der Waals surface area contributed by atoms with Crippen molar-refractivity contribution in [3.05, 3.63) is 34.6 Å². The number of halogens is 2. The van der Waals surface area contributed by atoms with Crippen LogP contribution in [-0.4, -0.2) is 54.6 Å². The standard InChI is InChI=1S/C14H16ClFN2O3/c1-2-21-14(20)18-8-6-17(7-9-18)13(19)12-10(15)4-3-5-11(12)16/h3-5H,2,6-9H2,1H3. The Morgan fingerprint density at radius 3 is 2.43 bits per heavy atom. The molecule has 1 fully saturated rings.